The molecule has 2 aromatic rings. The molecule has 2 amide bonds. The number of nitrogens with one attached hydrogen (secondary N) is 1. The van der Waals surface area contributed by atoms with Crippen molar-refractivity contribution in [2.75, 3.05) is 19.7 Å². The molecule has 0 aromatic heterocycles. The normalized spacial score (nSPS) is 19.7. The number of likely N-dealkylation sites (tertiary alicyclic amines) is 1. The highest BCUT2D eigenvalue weighted by Gasteiger charge is 2.46. The standard InChI is InChI=1S/C28H34N2O5/c1-3-9-24(25(31)30-16-15-28(18-30,14-4-2)26(32)33)29-27(34)35-17-23-21-12-7-5-10-19(21)20-11-6-8-13-22(20)23/h5-8,10-13,23-24H,3-4,9,14-18H2,1-2H3,(H,29,34)(H,32,33)/t24-,28?/m1/s1. The van der Waals surface area contributed by atoms with Gasteiger partial charge in [0.25, 0.3) is 0 Å². The van der Waals surface area contributed by atoms with Crippen LogP contribution in [0.4, 0.5) is 4.79 Å². The van der Waals surface area contributed by atoms with Gasteiger partial charge in [0.05, 0.1) is 5.41 Å². The summed E-state index contributed by atoms with van der Waals surface area (Å²) in [5.41, 5.74) is 3.66. The van der Waals surface area contributed by atoms with Crippen molar-refractivity contribution in [3.05, 3.63) is 59.7 Å². The van der Waals surface area contributed by atoms with Crippen LogP contribution in [0.15, 0.2) is 48.5 Å². The average molecular weight is 479 g/mol. The maximum atomic E-state index is 13.2. The van der Waals surface area contributed by atoms with Gasteiger partial charge < -0.3 is 20.1 Å². The molecule has 186 valence electrons. The van der Waals surface area contributed by atoms with Crippen molar-refractivity contribution in [1.29, 1.82) is 0 Å². The van der Waals surface area contributed by atoms with Crippen LogP contribution in [-0.4, -0.2) is 53.7 Å². The molecule has 7 heteroatoms. The van der Waals surface area contributed by atoms with E-state index in [2.05, 4.69) is 29.6 Å². The summed E-state index contributed by atoms with van der Waals surface area (Å²) in [6, 6.07) is 15.5. The third-order valence-corrected chi connectivity index (χ3v) is 7.36. The number of fused-ring (bicyclic) bond motifs is 3. The number of benzene rings is 2. The number of carbonyl (C=O) groups is 3. The fourth-order valence-corrected chi connectivity index (χ4v) is 5.57. The summed E-state index contributed by atoms with van der Waals surface area (Å²) in [7, 11) is 0. The minimum Gasteiger partial charge on any atom is -0.481 e. The van der Waals surface area contributed by atoms with Gasteiger partial charge in [0.1, 0.15) is 12.6 Å². The van der Waals surface area contributed by atoms with E-state index in [1.165, 1.54) is 0 Å². The first-order chi connectivity index (χ1) is 16.9. The van der Waals surface area contributed by atoms with Crippen LogP contribution >= 0.6 is 0 Å². The molecule has 0 bridgehead atoms. The summed E-state index contributed by atoms with van der Waals surface area (Å²) >= 11 is 0. The number of rotatable bonds is 9. The van der Waals surface area contributed by atoms with Crippen molar-refractivity contribution in [2.24, 2.45) is 5.41 Å². The van der Waals surface area contributed by atoms with Crippen molar-refractivity contribution < 1.29 is 24.2 Å². The second-order valence-corrected chi connectivity index (χ2v) is 9.66. The molecule has 2 aliphatic rings. The summed E-state index contributed by atoms with van der Waals surface area (Å²) in [5, 5.41) is 12.5. The van der Waals surface area contributed by atoms with Gasteiger partial charge in [0.15, 0.2) is 0 Å². The lowest BCUT2D eigenvalue weighted by atomic mass is 9.83. The molecule has 7 nitrogen and oxygen atoms in total. The molecule has 1 aliphatic heterocycles. The number of carbonyl (C=O) groups excluding carboxylic acids is 2. The topological polar surface area (TPSA) is 95.9 Å². The maximum absolute atomic E-state index is 13.2. The first-order valence-electron chi connectivity index (χ1n) is 12.5. The lowest BCUT2D eigenvalue weighted by molar-refractivity contribution is -0.149. The zero-order chi connectivity index (χ0) is 25.0. The van der Waals surface area contributed by atoms with Crippen LogP contribution in [0.25, 0.3) is 11.1 Å². The van der Waals surface area contributed by atoms with E-state index in [1.807, 2.05) is 38.1 Å². The predicted molar refractivity (Wildman–Crippen MR) is 133 cm³/mol. The minimum atomic E-state index is -0.898. The lowest BCUT2D eigenvalue weighted by Crippen LogP contribution is -2.49. The molecule has 2 N–H and O–H groups in total. The molecular weight excluding hydrogens is 444 g/mol. The van der Waals surface area contributed by atoms with Crippen molar-refractivity contribution in [2.45, 2.75) is 57.9 Å². The number of amides is 2. The Bertz CT molecular complexity index is 1050. The smallest absolute Gasteiger partial charge is 0.407 e. The number of aliphatic carboxylic acids is 1. The molecule has 0 saturated carbocycles. The molecule has 0 radical (unpaired) electrons. The van der Waals surface area contributed by atoms with Gasteiger partial charge in [-0.2, -0.15) is 0 Å². The first kappa shape index (κ1) is 24.8. The van der Waals surface area contributed by atoms with Crippen LogP contribution in [-0.2, 0) is 14.3 Å². The van der Waals surface area contributed by atoms with Crippen LogP contribution in [0.1, 0.15) is 63.0 Å². The van der Waals surface area contributed by atoms with Gasteiger partial charge in [-0.05, 0) is 41.5 Å². The number of hydrogen-bond donors (Lipinski definition) is 2. The Morgan fingerprint density at radius 3 is 2.26 bits per heavy atom. The zero-order valence-electron chi connectivity index (χ0n) is 20.5. The average Bonchev–Trinajstić information content (AvgIpc) is 3.43. The number of carboxylic acids is 1. The van der Waals surface area contributed by atoms with Gasteiger partial charge in [-0.3, -0.25) is 9.59 Å². The van der Waals surface area contributed by atoms with E-state index in [4.69, 9.17) is 4.74 Å². The maximum Gasteiger partial charge on any atom is 0.407 e. The van der Waals surface area contributed by atoms with Crippen LogP contribution in [0.5, 0.6) is 0 Å². The van der Waals surface area contributed by atoms with E-state index < -0.39 is 23.5 Å². The van der Waals surface area contributed by atoms with Crippen molar-refractivity contribution in [1.82, 2.24) is 10.2 Å². The fraction of sp³-hybridized carbons (Fsp3) is 0.464. The van der Waals surface area contributed by atoms with E-state index in [9.17, 15) is 19.5 Å². The zero-order valence-corrected chi connectivity index (χ0v) is 20.5. The quantitative estimate of drug-likeness (QED) is 0.540. The van der Waals surface area contributed by atoms with Gasteiger partial charge in [0.2, 0.25) is 5.91 Å². The van der Waals surface area contributed by atoms with E-state index in [0.29, 0.717) is 32.2 Å². The van der Waals surface area contributed by atoms with Crippen LogP contribution in [0.2, 0.25) is 0 Å². The van der Waals surface area contributed by atoms with Crippen molar-refractivity contribution in [3.8, 4) is 11.1 Å². The molecule has 2 atom stereocenters. The van der Waals surface area contributed by atoms with Crippen molar-refractivity contribution >= 4 is 18.0 Å². The summed E-state index contributed by atoms with van der Waals surface area (Å²) in [6.45, 7) is 4.64. The second-order valence-electron chi connectivity index (χ2n) is 9.66. The Morgan fingerprint density at radius 1 is 1.06 bits per heavy atom. The predicted octanol–water partition coefficient (Wildman–Crippen LogP) is 4.80. The third kappa shape index (κ3) is 4.90. The lowest BCUT2D eigenvalue weighted by Gasteiger charge is -2.27. The molecule has 1 saturated heterocycles. The first-order valence-corrected chi connectivity index (χ1v) is 12.5. The van der Waals surface area contributed by atoms with Gasteiger partial charge in [-0.15, -0.1) is 0 Å². The van der Waals surface area contributed by atoms with E-state index in [1.54, 1.807) is 4.90 Å². The molecule has 1 unspecified atom stereocenters. The molecule has 1 aliphatic carbocycles. The number of alkyl carbamates (subject to hydrolysis) is 1. The summed E-state index contributed by atoms with van der Waals surface area (Å²) in [5.74, 6) is -1.15. The van der Waals surface area contributed by atoms with Gasteiger partial charge in [-0.25, -0.2) is 4.79 Å². The van der Waals surface area contributed by atoms with Gasteiger partial charge in [-0.1, -0.05) is 75.2 Å². The van der Waals surface area contributed by atoms with Gasteiger partial charge >= 0.3 is 12.1 Å². The largest absolute Gasteiger partial charge is 0.481 e. The van der Waals surface area contributed by atoms with Crippen LogP contribution in [0, 0.1) is 5.41 Å². The molecular formula is C28H34N2O5. The van der Waals surface area contributed by atoms with Crippen LogP contribution in [0.3, 0.4) is 0 Å². The second kappa shape index (κ2) is 10.5. The molecule has 1 fully saturated rings. The third-order valence-electron chi connectivity index (χ3n) is 7.36. The van der Waals surface area contributed by atoms with E-state index >= 15 is 0 Å². The Morgan fingerprint density at radius 2 is 1.69 bits per heavy atom. The molecule has 1 heterocycles. The van der Waals surface area contributed by atoms with E-state index in [0.717, 1.165) is 28.7 Å². The summed E-state index contributed by atoms with van der Waals surface area (Å²) < 4.78 is 5.63. The minimum absolute atomic E-state index is 0.0581. The fourth-order valence-electron chi connectivity index (χ4n) is 5.57. The van der Waals surface area contributed by atoms with E-state index in [-0.39, 0.29) is 25.0 Å². The highest BCUT2D eigenvalue weighted by atomic mass is 16.5. The molecule has 4 rings (SSSR count). The Balaban J connectivity index is 1.40. The van der Waals surface area contributed by atoms with Gasteiger partial charge in [0, 0.05) is 19.0 Å². The van der Waals surface area contributed by atoms with Crippen molar-refractivity contribution in [3.63, 3.8) is 0 Å². The highest BCUT2D eigenvalue weighted by Crippen LogP contribution is 2.44. The number of hydrogen-bond acceptors (Lipinski definition) is 4. The number of carboxylic acid groups (broad SMARTS) is 1. The highest BCUT2D eigenvalue weighted by molar-refractivity contribution is 5.87. The number of ether oxygens (including phenoxy) is 1. The number of nitrogens with zero attached hydrogens (tertiary/aromatic N) is 1. The molecule has 35 heavy (non-hydrogen) atoms. The Hall–Kier alpha value is -3.35. The molecule has 2 aromatic carbocycles. The van der Waals surface area contributed by atoms with Crippen LogP contribution < -0.4 is 5.32 Å². The summed E-state index contributed by atoms with van der Waals surface area (Å²) in [4.78, 5) is 39.5. The monoisotopic (exact) mass is 478 g/mol. The Kier molecular flexibility index (Phi) is 7.43. The molecule has 0 spiro atoms. The SMILES string of the molecule is CCC[C@@H](NC(=O)OCC1c2ccccc2-c2ccccc21)C(=O)N1CCC(CCC)(C(=O)O)C1. The Labute approximate surface area is 206 Å². The summed E-state index contributed by atoms with van der Waals surface area (Å²) in [6.07, 6.45) is 2.25.